The molecule has 4 nitrogen and oxygen atoms in total. The molecule has 0 unspecified atom stereocenters. The Morgan fingerprint density at radius 2 is 2.07 bits per heavy atom. The Kier molecular flexibility index (Phi) is 2.25. The summed E-state index contributed by atoms with van der Waals surface area (Å²) in [5.41, 5.74) is 2.60. The number of aromatic nitrogens is 2. The largest absolute Gasteiger partial charge is 0.477 e. The molecule has 0 aromatic carbocycles. The summed E-state index contributed by atoms with van der Waals surface area (Å²) in [7, 11) is 0. The van der Waals surface area contributed by atoms with Crippen LogP contribution in [-0.4, -0.2) is 21.0 Å². The van der Waals surface area contributed by atoms with Gasteiger partial charge in [0.25, 0.3) is 0 Å². The van der Waals surface area contributed by atoms with Crippen molar-refractivity contribution in [1.82, 2.24) is 9.97 Å². The van der Waals surface area contributed by atoms with Crippen molar-refractivity contribution in [2.75, 3.05) is 0 Å². The van der Waals surface area contributed by atoms with Crippen molar-refractivity contribution in [3.8, 4) is 11.1 Å². The summed E-state index contributed by atoms with van der Waals surface area (Å²) in [6.07, 6.45) is 3.28. The second-order valence-electron chi connectivity index (χ2n) is 3.28. The number of carbonyl (C=O) groups is 1. The van der Waals surface area contributed by atoms with E-state index >= 15 is 0 Å². The van der Waals surface area contributed by atoms with Gasteiger partial charge in [0.1, 0.15) is 5.69 Å². The molecule has 0 radical (unpaired) electrons. The van der Waals surface area contributed by atoms with Crippen LogP contribution < -0.4 is 0 Å². The van der Waals surface area contributed by atoms with Crippen LogP contribution in [0.2, 0.25) is 0 Å². The van der Waals surface area contributed by atoms with E-state index in [4.69, 9.17) is 5.11 Å². The van der Waals surface area contributed by atoms with Crippen LogP contribution >= 0.6 is 0 Å². The fraction of sp³-hybridized carbons (Fsp3) is 0.0909. The van der Waals surface area contributed by atoms with Gasteiger partial charge in [-0.05, 0) is 30.7 Å². The highest BCUT2D eigenvalue weighted by Crippen LogP contribution is 2.23. The van der Waals surface area contributed by atoms with Crippen molar-refractivity contribution in [2.45, 2.75) is 6.92 Å². The van der Waals surface area contributed by atoms with Crippen LogP contribution in [0.4, 0.5) is 0 Å². The normalized spacial score (nSPS) is 10.2. The maximum atomic E-state index is 11.0. The number of H-pyrrole nitrogens is 1. The summed E-state index contributed by atoms with van der Waals surface area (Å²) >= 11 is 0. The van der Waals surface area contributed by atoms with Gasteiger partial charge in [-0.1, -0.05) is 0 Å². The lowest BCUT2D eigenvalue weighted by atomic mass is 10.1. The summed E-state index contributed by atoms with van der Waals surface area (Å²) < 4.78 is 0. The van der Waals surface area contributed by atoms with E-state index in [1.54, 1.807) is 24.5 Å². The monoisotopic (exact) mass is 202 g/mol. The van der Waals surface area contributed by atoms with Crippen LogP contribution in [0.5, 0.6) is 0 Å². The molecule has 2 aromatic heterocycles. The van der Waals surface area contributed by atoms with Gasteiger partial charge in [-0.2, -0.15) is 0 Å². The minimum Gasteiger partial charge on any atom is -0.477 e. The van der Waals surface area contributed by atoms with E-state index in [0.717, 1.165) is 11.3 Å². The molecule has 0 saturated heterocycles. The van der Waals surface area contributed by atoms with Crippen molar-refractivity contribution < 1.29 is 9.90 Å². The lowest BCUT2D eigenvalue weighted by Gasteiger charge is -1.98. The predicted octanol–water partition coefficient (Wildman–Crippen LogP) is 2.08. The van der Waals surface area contributed by atoms with E-state index in [2.05, 4.69) is 9.97 Å². The van der Waals surface area contributed by atoms with Crippen molar-refractivity contribution in [3.05, 3.63) is 42.0 Å². The first-order valence-electron chi connectivity index (χ1n) is 4.52. The lowest BCUT2D eigenvalue weighted by Crippen LogP contribution is -1.98. The number of hydrogen-bond donors (Lipinski definition) is 2. The van der Waals surface area contributed by atoms with Crippen molar-refractivity contribution in [1.29, 1.82) is 0 Å². The van der Waals surface area contributed by atoms with Crippen LogP contribution in [0.1, 0.15) is 16.2 Å². The Labute approximate surface area is 86.6 Å². The number of aromatic amines is 1. The second-order valence-corrected chi connectivity index (χ2v) is 3.28. The molecule has 0 amide bonds. The smallest absolute Gasteiger partial charge is 0.352 e. The van der Waals surface area contributed by atoms with Gasteiger partial charge >= 0.3 is 5.97 Å². The molecule has 0 aliphatic carbocycles. The molecule has 4 heteroatoms. The van der Waals surface area contributed by atoms with Gasteiger partial charge < -0.3 is 10.1 Å². The molecule has 2 heterocycles. The van der Waals surface area contributed by atoms with Gasteiger partial charge in [0.15, 0.2) is 0 Å². The minimum atomic E-state index is -0.949. The van der Waals surface area contributed by atoms with Crippen LogP contribution in [-0.2, 0) is 0 Å². The summed E-state index contributed by atoms with van der Waals surface area (Å²) in [5.74, 6) is -0.949. The van der Waals surface area contributed by atoms with Gasteiger partial charge in [0.2, 0.25) is 0 Å². The fourth-order valence-electron chi connectivity index (χ4n) is 1.52. The Morgan fingerprint density at radius 3 is 2.67 bits per heavy atom. The van der Waals surface area contributed by atoms with Gasteiger partial charge in [-0.3, -0.25) is 4.98 Å². The van der Waals surface area contributed by atoms with E-state index < -0.39 is 5.97 Å². The lowest BCUT2D eigenvalue weighted by molar-refractivity contribution is 0.0692. The SMILES string of the molecule is Cc1cc(-c2ccncc2)c(C(=O)O)[nH]1. The number of pyridine rings is 1. The van der Waals surface area contributed by atoms with Gasteiger partial charge in [-0.15, -0.1) is 0 Å². The minimum absolute atomic E-state index is 0.221. The highest BCUT2D eigenvalue weighted by Gasteiger charge is 2.13. The van der Waals surface area contributed by atoms with Gasteiger partial charge in [0.05, 0.1) is 0 Å². The number of nitrogens with one attached hydrogen (secondary N) is 1. The molecule has 0 atom stereocenters. The highest BCUT2D eigenvalue weighted by atomic mass is 16.4. The van der Waals surface area contributed by atoms with Gasteiger partial charge in [0, 0.05) is 23.7 Å². The molecule has 0 aliphatic rings. The molecule has 2 N–H and O–H groups in total. The summed E-state index contributed by atoms with van der Waals surface area (Å²) in [6.45, 7) is 1.83. The molecule has 2 rings (SSSR count). The third-order valence-corrected chi connectivity index (χ3v) is 2.16. The number of aromatic carboxylic acids is 1. The third kappa shape index (κ3) is 1.74. The topological polar surface area (TPSA) is 66.0 Å². The molecule has 0 aliphatic heterocycles. The zero-order valence-corrected chi connectivity index (χ0v) is 8.19. The highest BCUT2D eigenvalue weighted by molar-refractivity contribution is 5.94. The van der Waals surface area contributed by atoms with Crippen LogP contribution in [0, 0.1) is 6.92 Å². The predicted molar refractivity (Wildman–Crippen MR) is 55.7 cm³/mol. The quantitative estimate of drug-likeness (QED) is 0.783. The Morgan fingerprint density at radius 1 is 1.40 bits per heavy atom. The molecule has 0 spiro atoms. The number of aryl methyl sites for hydroxylation is 1. The fourth-order valence-corrected chi connectivity index (χ4v) is 1.52. The van der Waals surface area contributed by atoms with Crippen LogP contribution in [0.3, 0.4) is 0 Å². The third-order valence-electron chi connectivity index (χ3n) is 2.16. The molecule has 0 bridgehead atoms. The van der Waals surface area contributed by atoms with E-state index in [9.17, 15) is 4.79 Å². The molecular formula is C11H10N2O2. The zero-order chi connectivity index (χ0) is 10.8. The molecule has 0 saturated carbocycles. The Bertz CT molecular complexity index is 489. The summed E-state index contributed by atoms with van der Waals surface area (Å²) in [4.78, 5) is 17.7. The molecule has 2 aromatic rings. The average Bonchev–Trinajstić information content (AvgIpc) is 2.62. The number of rotatable bonds is 2. The molecule has 76 valence electrons. The standard InChI is InChI=1S/C11H10N2O2/c1-7-6-9(10(13-7)11(14)15)8-2-4-12-5-3-8/h2-6,13H,1H3,(H,14,15). The molecular weight excluding hydrogens is 192 g/mol. The van der Waals surface area contributed by atoms with E-state index in [1.165, 1.54) is 0 Å². The van der Waals surface area contributed by atoms with Crippen molar-refractivity contribution in [2.24, 2.45) is 0 Å². The maximum absolute atomic E-state index is 11.0. The van der Waals surface area contributed by atoms with Crippen LogP contribution in [0.25, 0.3) is 11.1 Å². The number of carboxylic acids is 1. The molecule has 0 fully saturated rings. The maximum Gasteiger partial charge on any atom is 0.352 e. The second kappa shape index (κ2) is 3.57. The summed E-state index contributed by atoms with van der Waals surface area (Å²) in [6, 6.07) is 5.39. The van der Waals surface area contributed by atoms with E-state index in [1.807, 2.05) is 13.0 Å². The number of carboxylic acid groups (broad SMARTS) is 1. The first-order chi connectivity index (χ1) is 7.18. The number of hydrogen-bond acceptors (Lipinski definition) is 2. The first-order valence-corrected chi connectivity index (χ1v) is 4.52. The summed E-state index contributed by atoms with van der Waals surface area (Å²) in [5, 5.41) is 8.99. The van der Waals surface area contributed by atoms with Gasteiger partial charge in [-0.25, -0.2) is 4.79 Å². The van der Waals surface area contributed by atoms with Crippen molar-refractivity contribution in [3.63, 3.8) is 0 Å². The van der Waals surface area contributed by atoms with Crippen LogP contribution in [0.15, 0.2) is 30.6 Å². The zero-order valence-electron chi connectivity index (χ0n) is 8.19. The van der Waals surface area contributed by atoms with E-state index in [0.29, 0.717) is 5.56 Å². The Balaban J connectivity index is 2.58. The average molecular weight is 202 g/mol. The molecule has 15 heavy (non-hydrogen) atoms. The Hall–Kier alpha value is -2.10. The van der Waals surface area contributed by atoms with E-state index in [-0.39, 0.29) is 5.69 Å². The number of nitrogens with zero attached hydrogens (tertiary/aromatic N) is 1. The first kappa shape index (κ1) is 9.45. The van der Waals surface area contributed by atoms with Crippen molar-refractivity contribution >= 4 is 5.97 Å².